The van der Waals surface area contributed by atoms with Crippen molar-refractivity contribution in [1.29, 1.82) is 0 Å². The van der Waals surface area contributed by atoms with Crippen molar-refractivity contribution in [2.75, 3.05) is 37.6 Å². The monoisotopic (exact) mass is 307 g/mol. The highest BCUT2D eigenvalue weighted by atomic mass is 19.1. The molecule has 1 N–H and O–H groups in total. The Balaban J connectivity index is 1.83. The minimum Gasteiger partial charge on any atom is -0.362 e. The van der Waals surface area contributed by atoms with Gasteiger partial charge in [0.05, 0.1) is 6.54 Å². The molecule has 0 spiro atoms. The molecule has 0 atom stereocenters. The molecular formula is C17H26FN3O. The van der Waals surface area contributed by atoms with Crippen molar-refractivity contribution in [3.8, 4) is 0 Å². The fraction of sp³-hybridized carbons (Fsp3) is 0.588. The zero-order chi connectivity index (χ0) is 15.9. The summed E-state index contributed by atoms with van der Waals surface area (Å²) in [4.78, 5) is 16.6. The van der Waals surface area contributed by atoms with E-state index in [2.05, 4.69) is 17.1 Å². The highest BCUT2D eigenvalue weighted by Gasteiger charge is 2.20. The summed E-state index contributed by atoms with van der Waals surface area (Å²) in [6.07, 6.45) is 2.03. The van der Waals surface area contributed by atoms with Crippen LogP contribution in [0.25, 0.3) is 0 Å². The Bertz CT molecular complexity index is 469. The third kappa shape index (κ3) is 4.70. The fourth-order valence-electron chi connectivity index (χ4n) is 2.88. The second-order valence-corrected chi connectivity index (χ2v) is 5.77. The Hall–Kier alpha value is -1.62. The predicted octanol–water partition coefficient (Wildman–Crippen LogP) is 2.25. The van der Waals surface area contributed by atoms with E-state index in [0.717, 1.165) is 38.2 Å². The molecule has 2 rings (SSSR count). The van der Waals surface area contributed by atoms with Crippen LogP contribution in [0.5, 0.6) is 0 Å². The predicted molar refractivity (Wildman–Crippen MR) is 87.6 cm³/mol. The zero-order valence-electron chi connectivity index (χ0n) is 13.5. The molecule has 0 bridgehead atoms. The highest BCUT2D eigenvalue weighted by molar-refractivity contribution is 5.81. The van der Waals surface area contributed by atoms with Gasteiger partial charge in [0.25, 0.3) is 0 Å². The summed E-state index contributed by atoms with van der Waals surface area (Å²) in [5, 5.41) is 3.13. The minimum absolute atomic E-state index is 0.0427. The van der Waals surface area contributed by atoms with Gasteiger partial charge < -0.3 is 15.1 Å². The third-order valence-electron chi connectivity index (χ3n) is 4.31. The normalized spacial score (nSPS) is 16.5. The number of piperidine rings is 1. The van der Waals surface area contributed by atoms with E-state index in [0.29, 0.717) is 13.1 Å². The van der Waals surface area contributed by atoms with E-state index in [9.17, 15) is 9.18 Å². The van der Waals surface area contributed by atoms with E-state index < -0.39 is 0 Å². The first kappa shape index (κ1) is 16.7. The number of anilines is 1. The quantitative estimate of drug-likeness (QED) is 0.875. The Morgan fingerprint density at radius 3 is 2.45 bits per heavy atom. The molecule has 122 valence electrons. The molecule has 1 aliphatic heterocycles. The first-order chi connectivity index (χ1) is 10.6. The molecule has 4 nitrogen and oxygen atoms in total. The number of halogens is 1. The number of carbonyl (C=O) groups is 1. The molecule has 22 heavy (non-hydrogen) atoms. The number of hydrogen-bond donors (Lipinski definition) is 1. The molecule has 0 aliphatic carbocycles. The fourth-order valence-corrected chi connectivity index (χ4v) is 2.88. The lowest BCUT2D eigenvalue weighted by Crippen LogP contribution is -2.47. The molecule has 1 fully saturated rings. The van der Waals surface area contributed by atoms with Gasteiger partial charge in [-0.05, 0) is 50.6 Å². The van der Waals surface area contributed by atoms with Gasteiger partial charge in [-0.15, -0.1) is 0 Å². The Kier molecular flexibility index (Phi) is 6.19. The Labute approximate surface area is 132 Å². The number of nitrogens with zero attached hydrogens (tertiary/aromatic N) is 2. The van der Waals surface area contributed by atoms with Crippen LogP contribution in [0.2, 0.25) is 0 Å². The molecule has 5 heteroatoms. The number of likely N-dealkylation sites (tertiary alicyclic amines) is 1. The SMILES string of the molecule is CCN1CCC(NC(=O)CN(CC)c2ccc(F)cc2)CC1. The second-order valence-electron chi connectivity index (χ2n) is 5.77. The number of rotatable bonds is 6. The van der Waals surface area contributed by atoms with E-state index in [1.807, 2.05) is 11.8 Å². The van der Waals surface area contributed by atoms with Crippen molar-refractivity contribution >= 4 is 11.6 Å². The molecule has 0 radical (unpaired) electrons. The topological polar surface area (TPSA) is 35.6 Å². The van der Waals surface area contributed by atoms with E-state index >= 15 is 0 Å². The molecule has 1 aromatic rings. The van der Waals surface area contributed by atoms with E-state index in [4.69, 9.17) is 0 Å². The van der Waals surface area contributed by atoms with Gasteiger partial charge in [0.15, 0.2) is 0 Å². The van der Waals surface area contributed by atoms with Crippen LogP contribution in [0.4, 0.5) is 10.1 Å². The minimum atomic E-state index is -0.257. The van der Waals surface area contributed by atoms with Crippen LogP contribution in [0.3, 0.4) is 0 Å². The van der Waals surface area contributed by atoms with Crippen molar-refractivity contribution in [3.05, 3.63) is 30.1 Å². The smallest absolute Gasteiger partial charge is 0.239 e. The number of hydrogen-bond acceptors (Lipinski definition) is 3. The van der Waals surface area contributed by atoms with Gasteiger partial charge in [-0.2, -0.15) is 0 Å². The van der Waals surface area contributed by atoms with Crippen molar-refractivity contribution < 1.29 is 9.18 Å². The number of benzene rings is 1. The molecule has 1 saturated heterocycles. The van der Waals surface area contributed by atoms with E-state index in [1.54, 1.807) is 12.1 Å². The summed E-state index contributed by atoms with van der Waals surface area (Å²) in [5.74, 6) is -0.215. The van der Waals surface area contributed by atoms with Gasteiger partial charge in [0.2, 0.25) is 5.91 Å². The van der Waals surface area contributed by atoms with Gasteiger partial charge in [-0.25, -0.2) is 4.39 Å². The van der Waals surface area contributed by atoms with Gasteiger partial charge in [-0.1, -0.05) is 6.92 Å². The number of nitrogens with one attached hydrogen (secondary N) is 1. The lowest BCUT2D eigenvalue weighted by atomic mass is 10.1. The Morgan fingerprint density at radius 2 is 1.91 bits per heavy atom. The van der Waals surface area contributed by atoms with Crippen LogP contribution in [-0.2, 0) is 4.79 Å². The first-order valence-corrected chi connectivity index (χ1v) is 8.14. The van der Waals surface area contributed by atoms with Gasteiger partial charge in [-0.3, -0.25) is 4.79 Å². The molecule has 1 heterocycles. The lowest BCUT2D eigenvalue weighted by Gasteiger charge is -2.32. The van der Waals surface area contributed by atoms with Crippen LogP contribution >= 0.6 is 0 Å². The van der Waals surface area contributed by atoms with E-state index in [1.165, 1.54) is 12.1 Å². The van der Waals surface area contributed by atoms with Crippen molar-refractivity contribution in [3.63, 3.8) is 0 Å². The molecule has 0 aromatic heterocycles. The summed E-state index contributed by atoms with van der Waals surface area (Å²) in [6.45, 7) is 8.38. The summed E-state index contributed by atoms with van der Waals surface area (Å²) >= 11 is 0. The second kappa shape index (κ2) is 8.13. The summed E-state index contributed by atoms with van der Waals surface area (Å²) < 4.78 is 13.0. The number of amides is 1. The lowest BCUT2D eigenvalue weighted by molar-refractivity contribution is -0.120. The first-order valence-electron chi connectivity index (χ1n) is 8.14. The maximum Gasteiger partial charge on any atom is 0.239 e. The summed E-state index contributed by atoms with van der Waals surface area (Å²) in [7, 11) is 0. The highest BCUT2D eigenvalue weighted by Crippen LogP contribution is 2.15. The molecule has 1 aromatic carbocycles. The molecule has 1 aliphatic rings. The van der Waals surface area contributed by atoms with Gasteiger partial charge in [0.1, 0.15) is 5.82 Å². The van der Waals surface area contributed by atoms with Crippen molar-refractivity contribution in [2.24, 2.45) is 0 Å². The van der Waals surface area contributed by atoms with Crippen LogP contribution in [0.1, 0.15) is 26.7 Å². The summed E-state index contributed by atoms with van der Waals surface area (Å²) in [6, 6.07) is 6.56. The molecule has 1 amide bonds. The standard InChI is InChI=1S/C17H26FN3O/c1-3-20-11-9-15(10-12-20)19-17(22)13-21(4-2)16-7-5-14(18)6-8-16/h5-8,15H,3-4,9-13H2,1-2H3,(H,19,22). The molecule has 0 saturated carbocycles. The third-order valence-corrected chi connectivity index (χ3v) is 4.31. The van der Waals surface area contributed by atoms with Crippen LogP contribution in [-0.4, -0.2) is 49.6 Å². The zero-order valence-corrected chi connectivity index (χ0v) is 13.5. The van der Waals surface area contributed by atoms with Crippen LogP contribution < -0.4 is 10.2 Å². The van der Waals surface area contributed by atoms with Crippen molar-refractivity contribution in [1.82, 2.24) is 10.2 Å². The number of likely N-dealkylation sites (N-methyl/N-ethyl adjacent to an activating group) is 1. The maximum atomic E-state index is 13.0. The maximum absolute atomic E-state index is 13.0. The van der Waals surface area contributed by atoms with Crippen molar-refractivity contribution in [2.45, 2.75) is 32.7 Å². The largest absolute Gasteiger partial charge is 0.362 e. The Morgan fingerprint density at radius 1 is 1.27 bits per heavy atom. The number of carbonyl (C=O) groups excluding carboxylic acids is 1. The van der Waals surface area contributed by atoms with Gasteiger partial charge >= 0.3 is 0 Å². The average molecular weight is 307 g/mol. The van der Waals surface area contributed by atoms with Crippen LogP contribution in [0, 0.1) is 5.82 Å². The van der Waals surface area contributed by atoms with E-state index in [-0.39, 0.29) is 17.8 Å². The molecule has 0 unspecified atom stereocenters. The van der Waals surface area contributed by atoms with Crippen LogP contribution in [0.15, 0.2) is 24.3 Å². The molecular weight excluding hydrogens is 281 g/mol. The van der Waals surface area contributed by atoms with Gasteiger partial charge in [0, 0.05) is 31.4 Å². The summed E-state index contributed by atoms with van der Waals surface area (Å²) in [5.41, 5.74) is 0.875. The average Bonchev–Trinajstić information content (AvgIpc) is 2.54.